The maximum absolute atomic E-state index is 12.4. The van der Waals surface area contributed by atoms with Crippen molar-refractivity contribution in [1.82, 2.24) is 0 Å². The molecule has 3 rings (SSSR count). The van der Waals surface area contributed by atoms with Crippen LogP contribution < -0.4 is 0 Å². The van der Waals surface area contributed by atoms with Crippen LogP contribution in [0.5, 0.6) is 5.75 Å². The van der Waals surface area contributed by atoms with Crippen LogP contribution in [0.25, 0.3) is 10.8 Å². The number of aromatic hydroxyl groups is 1. The number of phenolic OH excluding ortho intramolecular Hbond substituents is 1. The van der Waals surface area contributed by atoms with E-state index in [1.165, 1.54) is 24.3 Å². The molecule has 0 amide bonds. The summed E-state index contributed by atoms with van der Waals surface area (Å²) in [6.45, 7) is 0. The van der Waals surface area contributed by atoms with E-state index in [2.05, 4.69) is 0 Å². The van der Waals surface area contributed by atoms with Crippen LogP contribution in [0, 0.1) is 10.1 Å². The van der Waals surface area contributed by atoms with Gasteiger partial charge in [0.1, 0.15) is 5.75 Å². The summed E-state index contributed by atoms with van der Waals surface area (Å²) < 4.78 is 0. The van der Waals surface area contributed by atoms with E-state index >= 15 is 0 Å². The second kappa shape index (κ2) is 5.88. The number of phenols is 1. The van der Waals surface area contributed by atoms with Crippen molar-refractivity contribution in [2.24, 2.45) is 0 Å². The minimum absolute atomic E-state index is 0.0515. The number of fused-ring (bicyclic) bond motifs is 1. The number of carbonyl (C=O) groups excluding carboxylic acids is 1. The highest BCUT2D eigenvalue weighted by Gasteiger charge is 2.13. The first-order valence-corrected chi connectivity index (χ1v) is 7.03. The molecule has 0 spiro atoms. The number of ketones is 1. The number of nitrogens with zero attached hydrogens (tertiary/aromatic N) is 1. The lowest BCUT2D eigenvalue weighted by molar-refractivity contribution is -0.384. The molecule has 3 aromatic rings. The van der Waals surface area contributed by atoms with Crippen LogP contribution in [-0.4, -0.2) is 15.8 Å². The first-order chi connectivity index (χ1) is 11.1. The molecule has 0 heterocycles. The summed E-state index contributed by atoms with van der Waals surface area (Å²) in [5, 5.41) is 22.2. The summed E-state index contributed by atoms with van der Waals surface area (Å²) in [6.07, 6.45) is 0.118. The first kappa shape index (κ1) is 14.7. The minimum atomic E-state index is -0.503. The second-order valence-corrected chi connectivity index (χ2v) is 5.20. The van der Waals surface area contributed by atoms with E-state index in [-0.39, 0.29) is 23.6 Å². The Morgan fingerprint density at radius 3 is 2.30 bits per heavy atom. The van der Waals surface area contributed by atoms with Crippen LogP contribution in [0.3, 0.4) is 0 Å². The molecule has 114 valence electrons. The van der Waals surface area contributed by atoms with Gasteiger partial charge in [-0.1, -0.05) is 30.3 Å². The van der Waals surface area contributed by atoms with Gasteiger partial charge in [0.05, 0.1) is 4.92 Å². The van der Waals surface area contributed by atoms with Gasteiger partial charge in [-0.3, -0.25) is 14.9 Å². The number of non-ortho nitro benzene ring substituents is 1. The lowest BCUT2D eigenvalue weighted by Crippen LogP contribution is -2.04. The number of rotatable bonds is 4. The Labute approximate surface area is 132 Å². The van der Waals surface area contributed by atoms with Crippen LogP contribution in [0.15, 0.2) is 60.7 Å². The Balaban J connectivity index is 1.93. The Bertz CT molecular complexity index is 895. The van der Waals surface area contributed by atoms with Crippen molar-refractivity contribution in [3.63, 3.8) is 0 Å². The van der Waals surface area contributed by atoms with Crippen molar-refractivity contribution in [2.45, 2.75) is 6.42 Å². The predicted octanol–water partition coefficient (Wildman–Crippen LogP) is 3.88. The van der Waals surface area contributed by atoms with Gasteiger partial charge in [0.2, 0.25) is 0 Å². The molecule has 0 aliphatic rings. The Morgan fingerprint density at radius 1 is 1.00 bits per heavy atom. The molecule has 0 atom stereocenters. The lowest BCUT2D eigenvalue weighted by Gasteiger charge is -2.08. The predicted molar refractivity (Wildman–Crippen MR) is 86.7 cm³/mol. The van der Waals surface area contributed by atoms with Gasteiger partial charge in [-0.2, -0.15) is 0 Å². The van der Waals surface area contributed by atoms with Gasteiger partial charge in [0.25, 0.3) is 5.69 Å². The Hall–Kier alpha value is -3.21. The van der Waals surface area contributed by atoms with Gasteiger partial charge in [-0.05, 0) is 29.1 Å². The van der Waals surface area contributed by atoms with E-state index in [0.29, 0.717) is 10.9 Å². The molecule has 0 aliphatic heterocycles. The number of nitro benzene ring substituents is 1. The number of Topliss-reactive ketones (excluding diaryl/α,β-unsaturated/α-hetero) is 1. The monoisotopic (exact) mass is 307 g/mol. The third kappa shape index (κ3) is 2.89. The minimum Gasteiger partial charge on any atom is -0.507 e. The number of carbonyl (C=O) groups is 1. The van der Waals surface area contributed by atoms with Gasteiger partial charge in [0, 0.05) is 29.5 Å². The van der Waals surface area contributed by atoms with E-state index in [1.807, 2.05) is 18.2 Å². The van der Waals surface area contributed by atoms with Crippen LogP contribution >= 0.6 is 0 Å². The van der Waals surface area contributed by atoms with Crippen molar-refractivity contribution in [2.75, 3.05) is 0 Å². The number of nitro groups is 1. The molecule has 0 saturated heterocycles. The smallest absolute Gasteiger partial charge is 0.269 e. The van der Waals surface area contributed by atoms with Gasteiger partial charge < -0.3 is 5.11 Å². The third-order valence-electron chi connectivity index (χ3n) is 3.72. The average molecular weight is 307 g/mol. The summed E-state index contributed by atoms with van der Waals surface area (Å²) in [6, 6.07) is 16.2. The number of hydrogen-bond donors (Lipinski definition) is 1. The second-order valence-electron chi connectivity index (χ2n) is 5.20. The summed E-state index contributed by atoms with van der Waals surface area (Å²) in [4.78, 5) is 22.5. The molecule has 3 aromatic carbocycles. The molecule has 0 aliphatic carbocycles. The Kier molecular flexibility index (Phi) is 3.76. The number of benzene rings is 3. The van der Waals surface area contributed by atoms with Gasteiger partial charge in [-0.25, -0.2) is 0 Å². The first-order valence-electron chi connectivity index (χ1n) is 7.03. The SMILES string of the molecule is O=C(Cc1cccc2cccc(O)c12)c1ccc([N+](=O)[O-])cc1. The van der Waals surface area contributed by atoms with Crippen molar-refractivity contribution in [3.8, 4) is 5.75 Å². The van der Waals surface area contributed by atoms with Crippen LogP contribution in [0.2, 0.25) is 0 Å². The molecule has 1 N–H and O–H groups in total. The zero-order valence-corrected chi connectivity index (χ0v) is 12.1. The molecule has 0 radical (unpaired) electrons. The summed E-state index contributed by atoms with van der Waals surface area (Å²) >= 11 is 0. The molecule has 23 heavy (non-hydrogen) atoms. The standard InChI is InChI=1S/C18H13NO4/c20-16-6-2-4-13-3-1-5-14(18(13)16)11-17(21)12-7-9-15(10-8-12)19(22)23/h1-10,20H,11H2. The zero-order valence-electron chi connectivity index (χ0n) is 12.1. The average Bonchev–Trinajstić information content (AvgIpc) is 2.55. The van der Waals surface area contributed by atoms with E-state index in [0.717, 1.165) is 10.9 Å². The van der Waals surface area contributed by atoms with Crippen molar-refractivity contribution >= 4 is 22.2 Å². The van der Waals surface area contributed by atoms with Gasteiger partial charge in [-0.15, -0.1) is 0 Å². The molecule has 5 nitrogen and oxygen atoms in total. The van der Waals surface area contributed by atoms with E-state index in [1.54, 1.807) is 18.2 Å². The zero-order chi connectivity index (χ0) is 16.4. The third-order valence-corrected chi connectivity index (χ3v) is 3.72. The molecule has 0 fully saturated rings. The Morgan fingerprint density at radius 2 is 1.65 bits per heavy atom. The van der Waals surface area contributed by atoms with Crippen molar-refractivity contribution < 1.29 is 14.8 Å². The lowest BCUT2D eigenvalue weighted by atomic mass is 9.97. The fourth-order valence-electron chi connectivity index (χ4n) is 2.59. The fourth-order valence-corrected chi connectivity index (χ4v) is 2.59. The molecular weight excluding hydrogens is 294 g/mol. The van der Waals surface area contributed by atoms with Crippen molar-refractivity contribution in [1.29, 1.82) is 0 Å². The van der Waals surface area contributed by atoms with E-state index < -0.39 is 4.92 Å². The highest BCUT2D eigenvalue weighted by Crippen LogP contribution is 2.28. The summed E-state index contributed by atoms with van der Waals surface area (Å²) in [5.74, 6) is -0.0229. The topological polar surface area (TPSA) is 80.4 Å². The quantitative estimate of drug-likeness (QED) is 0.450. The summed E-state index contributed by atoms with van der Waals surface area (Å²) in [7, 11) is 0. The van der Waals surface area contributed by atoms with Crippen LogP contribution in [0.4, 0.5) is 5.69 Å². The van der Waals surface area contributed by atoms with Gasteiger partial charge >= 0.3 is 0 Å². The highest BCUT2D eigenvalue weighted by molar-refractivity contribution is 6.01. The van der Waals surface area contributed by atoms with Gasteiger partial charge in [0.15, 0.2) is 5.78 Å². The molecule has 5 heteroatoms. The molecular formula is C18H13NO4. The molecule has 0 aromatic heterocycles. The normalized spacial score (nSPS) is 10.6. The number of hydrogen-bond acceptors (Lipinski definition) is 4. The largest absolute Gasteiger partial charge is 0.507 e. The van der Waals surface area contributed by atoms with Crippen LogP contribution in [-0.2, 0) is 6.42 Å². The fraction of sp³-hybridized carbons (Fsp3) is 0.0556. The molecule has 0 saturated carbocycles. The molecule has 0 unspecified atom stereocenters. The van der Waals surface area contributed by atoms with Crippen LogP contribution in [0.1, 0.15) is 15.9 Å². The van der Waals surface area contributed by atoms with E-state index in [9.17, 15) is 20.0 Å². The van der Waals surface area contributed by atoms with E-state index in [4.69, 9.17) is 0 Å². The maximum Gasteiger partial charge on any atom is 0.269 e. The molecule has 0 bridgehead atoms. The van der Waals surface area contributed by atoms with Crippen molar-refractivity contribution in [3.05, 3.63) is 81.9 Å². The highest BCUT2D eigenvalue weighted by atomic mass is 16.6. The summed E-state index contributed by atoms with van der Waals surface area (Å²) in [5.41, 5.74) is 1.08. The maximum atomic E-state index is 12.4.